The first-order chi connectivity index (χ1) is 16.7. The fourth-order valence-electron chi connectivity index (χ4n) is 5.09. The Labute approximate surface area is 197 Å². The number of halogens is 5. The second kappa shape index (κ2) is 8.87. The van der Waals surface area contributed by atoms with Gasteiger partial charge in [0.25, 0.3) is 0 Å². The van der Waals surface area contributed by atoms with Crippen LogP contribution in [0.2, 0.25) is 0 Å². The van der Waals surface area contributed by atoms with Gasteiger partial charge in [-0.05, 0) is 59.7 Å². The molecule has 6 nitrogen and oxygen atoms in total. The molecule has 0 amide bonds. The monoisotopic (exact) mass is 494 g/mol. The van der Waals surface area contributed by atoms with E-state index < -0.39 is 37.0 Å². The maximum absolute atomic E-state index is 13.7. The lowest BCUT2D eigenvalue weighted by molar-refractivity contribution is -0.138. The number of rotatable bonds is 6. The number of nitrogens with zero attached hydrogens (tertiary/aromatic N) is 4. The van der Waals surface area contributed by atoms with E-state index in [1.54, 1.807) is 24.3 Å². The van der Waals surface area contributed by atoms with Gasteiger partial charge in [0.15, 0.2) is 6.23 Å². The van der Waals surface area contributed by atoms with Gasteiger partial charge in [-0.15, -0.1) is 10.2 Å². The molecule has 35 heavy (non-hydrogen) atoms. The normalized spacial score (nSPS) is 19.2. The Balaban J connectivity index is 1.53. The van der Waals surface area contributed by atoms with Gasteiger partial charge < -0.3 is 15.1 Å². The first-order valence-electron chi connectivity index (χ1n) is 11.2. The lowest BCUT2D eigenvalue weighted by atomic mass is 9.72. The lowest BCUT2D eigenvalue weighted by Crippen LogP contribution is -2.25. The number of aromatic nitrogens is 3. The second-order valence-electron chi connectivity index (χ2n) is 9.01. The summed E-state index contributed by atoms with van der Waals surface area (Å²) in [5, 5.41) is 28.0. The van der Waals surface area contributed by atoms with Crippen LogP contribution in [0.4, 0.5) is 27.6 Å². The molecule has 3 aromatic rings. The molecule has 11 heteroatoms. The summed E-state index contributed by atoms with van der Waals surface area (Å²) in [5.41, 5.74) is 0.328. The van der Waals surface area contributed by atoms with Crippen LogP contribution in [0.15, 0.2) is 42.7 Å². The van der Waals surface area contributed by atoms with Gasteiger partial charge in [0.05, 0.1) is 12.2 Å². The molecule has 0 saturated heterocycles. The smallest absolute Gasteiger partial charge is 0.392 e. The molecule has 1 unspecified atom stereocenters. The van der Waals surface area contributed by atoms with E-state index in [2.05, 4.69) is 10.2 Å². The Morgan fingerprint density at radius 3 is 2.51 bits per heavy atom. The number of alkyl halides is 5. The summed E-state index contributed by atoms with van der Waals surface area (Å²) in [6, 6.07) is 9.12. The van der Waals surface area contributed by atoms with E-state index in [1.807, 2.05) is 0 Å². The molecule has 186 valence electrons. The van der Waals surface area contributed by atoms with E-state index in [4.69, 9.17) is 0 Å². The van der Waals surface area contributed by atoms with E-state index in [1.165, 1.54) is 11.0 Å². The third kappa shape index (κ3) is 4.16. The van der Waals surface area contributed by atoms with Gasteiger partial charge in [-0.1, -0.05) is 18.6 Å². The minimum atomic E-state index is -4.65. The Kier molecular flexibility index (Phi) is 6.00. The van der Waals surface area contributed by atoms with Gasteiger partial charge in [0, 0.05) is 23.7 Å². The second-order valence-corrected chi connectivity index (χ2v) is 9.01. The molecule has 2 heterocycles. The summed E-state index contributed by atoms with van der Waals surface area (Å²) in [5.74, 6) is -0.246. The number of benzene rings is 2. The molecule has 1 fully saturated rings. The van der Waals surface area contributed by atoms with E-state index in [0.717, 1.165) is 36.2 Å². The van der Waals surface area contributed by atoms with Crippen LogP contribution in [0.25, 0.3) is 0 Å². The fraction of sp³-hybridized carbons (Fsp3) is 0.417. The Morgan fingerprint density at radius 2 is 1.89 bits per heavy atom. The number of hydrogen-bond donors (Lipinski definition) is 2. The van der Waals surface area contributed by atoms with Crippen molar-refractivity contribution in [2.24, 2.45) is 5.92 Å². The topological polar surface area (TPSA) is 74.4 Å². The third-order valence-electron chi connectivity index (χ3n) is 7.01. The number of anilines is 1. The van der Waals surface area contributed by atoms with Crippen LogP contribution in [0.1, 0.15) is 71.6 Å². The highest BCUT2D eigenvalue weighted by Gasteiger charge is 2.41. The number of aliphatic hydroxyl groups excluding tert-OH is 2. The first-order valence-corrected chi connectivity index (χ1v) is 11.2. The average molecular weight is 494 g/mol. The van der Waals surface area contributed by atoms with Crippen molar-refractivity contribution in [3.63, 3.8) is 0 Å². The Hall–Kier alpha value is -3.05. The maximum Gasteiger partial charge on any atom is 0.416 e. The van der Waals surface area contributed by atoms with E-state index in [-0.39, 0.29) is 35.0 Å². The zero-order valence-corrected chi connectivity index (χ0v) is 18.5. The van der Waals surface area contributed by atoms with Crippen LogP contribution >= 0.6 is 0 Å². The highest BCUT2D eigenvalue weighted by Crippen LogP contribution is 2.46. The molecular weight excluding hydrogens is 471 g/mol. The van der Waals surface area contributed by atoms with Crippen molar-refractivity contribution in [3.05, 3.63) is 76.4 Å². The van der Waals surface area contributed by atoms with Crippen LogP contribution in [0, 0.1) is 5.92 Å². The molecular formula is C24H23F5N4O2. The summed E-state index contributed by atoms with van der Waals surface area (Å²) in [6.45, 7) is -3.59. The molecule has 5 rings (SSSR count). The predicted octanol–water partition coefficient (Wildman–Crippen LogP) is 5.13. The largest absolute Gasteiger partial charge is 0.416 e. The van der Waals surface area contributed by atoms with Crippen molar-refractivity contribution in [1.29, 1.82) is 0 Å². The number of fused-ring (bicyclic) bond motifs is 1. The van der Waals surface area contributed by atoms with Gasteiger partial charge in [-0.2, -0.15) is 22.0 Å². The molecule has 0 radical (unpaired) electrons. The zero-order chi connectivity index (χ0) is 24.9. The molecule has 1 aromatic heterocycles. The lowest BCUT2D eigenvalue weighted by Gasteiger charge is -2.34. The van der Waals surface area contributed by atoms with Gasteiger partial charge in [-0.25, -0.2) is 0 Å². The molecule has 2 atom stereocenters. The minimum Gasteiger partial charge on any atom is -0.392 e. The van der Waals surface area contributed by atoms with Gasteiger partial charge in [0.2, 0.25) is 0 Å². The Bertz CT molecular complexity index is 1220. The summed E-state index contributed by atoms with van der Waals surface area (Å²) >= 11 is 0. The fourth-order valence-corrected chi connectivity index (χ4v) is 5.09. The van der Waals surface area contributed by atoms with Crippen LogP contribution in [0.3, 0.4) is 0 Å². The summed E-state index contributed by atoms with van der Waals surface area (Å²) in [4.78, 5) is 1.43. The highest BCUT2D eigenvalue weighted by molar-refractivity contribution is 5.58. The summed E-state index contributed by atoms with van der Waals surface area (Å²) in [6.07, 6.45) is -2.38. The van der Waals surface area contributed by atoms with E-state index in [0.29, 0.717) is 11.3 Å². The summed E-state index contributed by atoms with van der Waals surface area (Å²) < 4.78 is 69.1. The average Bonchev–Trinajstić information content (AvgIpc) is 3.40. The minimum absolute atomic E-state index is 0.0550. The van der Waals surface area contributed by atoms with E-state index in [9.17, 15) is 32.2 Å². The van der Waals surface area contributed by atoms with Crippen molar-refractivity contribution in [2.75, 3.05) is 4.90 Å². The van der Waals surface area contributed by atoms with Crippen molar-refractivity contribution < 1.29 is 32.2 Å². The number of aliphatic hydroxyl groups is 2. The highest BCUT2D eigenvalue weighted by atomic mass is 19.4. The van der Waals surface area contributed by atoms with E-state index >= 15 is 0 Å². The van der Waals surface area contributed by atoms with Crippen LogP contribution in [-0.4, -0.2) is 25.0 Å². The Morgan fingerprint density at radius 1 is 1.11 bits per heavy atom. The SMILES string of the molecule is OCc1cc2c(c(C(F)(F)F)c1)CN(c1cccc([C@H](c3nncn3C(F)F)C3CCC3)c1)C2O. The first kappa shape index (κ1) is 23.7. The summed E-state index contributed by atoms with van der Waals surface area (Å²) in [7, 11) is 0. The van der Waals surface area contributed by atoms with Crippen LogP contribution < -0.4 is 4.90 Å². The quantitative estimate of drug-likeness (QED) is 0.465. The molecule has 2 N–H and O–H groups in total. The third-order valence-corrected chi connectivity index (χ3v) is 7.01. The number of hydrogen-bond acceptors (Lipinski definition) is 5. The van der Waals surface area contributed by atoms with Crippen LogP contribution in [-0.2, 0) is 19.3 Å². The van der Waals surface area contributed by atoms with Crippen LogP contribution in [0.5, 0.6) is 0 Å². The molecule has 0 spiro atoms. The van der Waals surface area contributed by atoms with Crippen molar-refractivity contribution in [3.8, 4) is 0 Å². The van der Waals surface area contributed by atoms with Crippen molar-refractivity contribution >= 4 is 5.69 Å². The van der Waals surface area contributed by atoms with Gasteiger partial charge in [-0.3, -0.25) is 4.57 Å². The molecule has 1 saturated carbocycles. The predicted molar refractivity (Wildman–Crippen MR) is 115 cm³/mol. The molecule has 2 aliphatic rings. The molecule has 1 aliphatic heterocycles. The maximum atomic E-state index is 13.7. The van der Waals surface area contributed by atoms with Gasteiger partial charge in [0.1, 0.15) is 12.2 Å². The van der Waals surface area contributed by atoms with Crippen molar-refractivity contribution in [1.82, 2.24) is 14.8 Å². The standard InChI is InChI=1S/C24H23F5N4O2/c25-23(26)33-12-30-31-21(33)20(14-3-1-4-14)15-5-2-6-16(9-15)32-10-18-17(22(32)35)7-13(11-34)8-19(18)24(27,28)29/h2,5-9,12,14,20,22-23,34-35H,1,3-4,10-11H2/t20-,22?/m1/s1. The molecule has 2 aromatic carbocycles. The zero-order valence-electron chi connectivity index (χ0n) is 18.5. The molecule has 0 bridgehead atoms. The molecule has 1 aliphatic carbocycles. The van der Waals surface area contributed by atoms with Crippen molar-refractivity contribution in [2.45, 2.75) is 57.3 Å². The van der Waals surface area contributed by atoms with Gasteiger partial charge >= 0.3 is 12.7 Å².